The number of ether oxygens (including phenoxy) is 1. The Balaban J connectivity index is 1.67. The highest BCUT2D eigenvalue weighted by atomic mass is 16.6. The lowest BCUT2D eigenvalue weighted by Gasteiger charge is -2.31. The summed E-state index contributed by atoms with van der Waals surface area (Å²) >= 11 is 0. The first-order valence-corrected chi connectivity index (χ1v) is 8.41. The lowest BCUT2D eigenvalue weighted by Crippen LogP contribution is -2.46. The van der Waals surface area contributed by atoms with E-state index in [2.05, 4.69) is 14.9 Å². The molecule has 1 aromatic rings. The minimum Gasteiger partial charge on any atom is -0.444 e. The third-order valence-electron chi connectivity index (χ3n) is 4.20. The van der Waals surface area contributed by atoms with Crippen LogP contribution in [0.15, 0.2) is 12.4 Å². The molecule has 3 rings (SSSR count). The van der Waals surface area contributed by atoms with Crippen molar-refractivity contribution in [1.29, 1.82) is 0 Å². The van der Waals surface area contributed by atoms with Gasteiger partial charge >= 0.3 is 6.09 Å². The van der Waals surface area contributed by atoms with Gasteiger partial charge in [-0.3, -0.25) is 4.79 Å². The number of rotatable bonds is 4. The fourth-order valence-electron chi connectivity index (χ4n) is 3.00. The molecule has 0 aromatic carbocycles. The predicted molar refractivity (Wildman–Crippen MR) is 89.1 cm³/mol. The van der Waals surface area contributed by atoms with Crippen LogP contribution in [0.25, 0.3) is 0 Å². The second-order valence-electron chi connectivity index (χ2n) is 7.42. The van der Waals surface area contributed by atoms with E-state index >= 15 is 0 Å². The Morgan fingerprint density at radius 3 is 2.54 bits per heavy atom. The van der Waals surface area contributed by atoms with Gasteiger partial charge in [-0.05, 0) is 40.0 Å². The van der Waals surface area contributed by atoms with Crippen LogP contribution in [-0.4, -0.2) is 58.0 Å². The van der Waals surface area contributed by atoms with Crippen LogP contribution < -0.4 is 4.90 Å². The van der Waals surface area contributed by atoms with E-state index in [0.29, 0.717) is 24.6 Å². The highest BCUT2D eigenvalue weighted by Crippen LogP contribution is 2.33. The minimum absolute atomic E-state index is 0.125. The summed E-state index contributed by atoms with van der Waals surface area (Å²) < 4.78 is 5.59. The monoisotopic (exact) mass is 332 g/mol. The Hall–Kier alpha value is -2.18. The van der Waals surface area contributed by atoms with Gasteiger partial charge in [-0.2, -0.15) is 0 Å². The molecule has 0 N–H and O–H groups in total. The summed E-state index contributed by atoms with van der Waals surface area (Å²) in [5, 5.41) is 0. The van der Waals surface area contributed by atoms with Crippen molar-refractivity contribution in [2.75, 3.05) is 18.0 Å². The summed E-state index contributed by atoms with van der Waals surface area (Å²) in [5.74, 6) is 0.739. The van der Waals surface area contributed by atoms with Gasteiger partial charge in [0.1, 0.15) is 17.1 Å². The van der Waals surface area contributed by atoms with E-state index in [-0.39, 0.29) is 12.1 Å². The van der Waals surface area contributed by atoms with Crippen LogP contribution >= 0.6 is 0 Å². The maximum absolute atomic E-state index is 12.6. The molecule has 0 unspecified atom stereocenters. The average Bonchev–Trinajstić information content (AvgIpc) is 3.22. The van der Waals surface area contributed by atoms with Crippen LogP contribution in [0, 0.1) is 0 Å². The first kappa shape index (κ1) is 16.7. The molecular formula is C17H24N4O3. The normalized spacial score (nSPS) is 20.8. The smallest absolute Gasteiger partial charge is 0.410 e. The van der Waals surface area contributed by atoms with Gasteiger partial charge in [0.05, 0.1) is 18.4 Å². The molecular weight excluding hydrogens is 308 g/mol. The lowest BCUT2D eigenvalue weighted by atomic mass is 10.2. The van der Waals surface area contributed by atoms with Crippen molar-refractivity contribution in [2.24, 2.45) is 0 Å². The third kappa shape index (κ3) is 3.83. The molecule has 2 fully saturated rings. The van der Waals surface area contributed by atoms with E-state index in [9.17, 15) is 9.59 Å². The van der Waals surface area contributed by atoms with Gasteiger partial charge in [0, 0.05) is 19.1 Å². The highest BCUT2D eigenvalue weighted by molar-refractivity contribution is 5.71. The Morgan fingerprint density at radius 2 is 2.00 bits per heavy atom. The fourth-order valence-corrected chi connectivity index (χ4v) is 3.00. The van der Waals surface area contributed by atoms with Crippen molar-refractivity contribution < 1.29 is 14.3 Å². The summed E-state index contributed by atoms with van der Waals surface area (Å²) in [5.41, 5.74) is -0.165. The van der Waals surface area contributed by atoms with E-state index in [1.807, 2.05) is 25.7 Å². The average molecular weight is 332 g/mol. The Bertz CT molecular complexity index is 607. The zero-order valence-corrected chi connectivity index (χ0v) is 14.4. The Kier molecular flexibility index (Phi) is 4.43. The minimum atomic E-state index is -0.487. The lowest BCUT2D eigenvalue weighted by molar-refractivity contribution is 0.0158. The number of anilines is 1. The van der Waals surface area contributed by atoms with E-state index in [4.69, 9.17) is 4.74 Å². The summed E-state index contributed by atoms with van der Waals surface area (Å²) in [6.45, 7) is 7.19. The molecule has 0 bridgehead atoms. The van der Waals surface area contributed by atoms with Crippen molar-refractivity contribution in [2.45, 2.75) is 57.7 Å². The van der Waals surface area contributed by atoms with Gasteiger partial charge in [-0.25, -0.2) is 14.8 Å². The van der Waals surface area contributed by atoms with Gasteiger partial charge < -0.3 is 14.5 Å². The Labute approximate surface area is 142 Å². The van der Waals surface area contributed by atoms with E-state index < -0.39 is 5.60 Å². The number of hydrogen-bond acceptors (Lipinski definition) is 6. The largest absolute Gasteiger partial charge is 0.444 e. The number of nitrogens with zero attached hydrogens (tertiary/aromatic N) is 4. The zero-order chi connectivity index (χ0) is 17.3. The van der Waals surface area contributed by atoms with Gasteiger partial charge in [0.2, 0.25) is 0 Å². The fraction of sp³-hybridized carbons (Fsp3) is 0.647. The molecule has 130 valence electrons. The molecule has 1 aromatic heterocycles. The second kappa shape index (κ2) is 6.37. The molecule has 1 atom stereocenters. The zero-order valence-electron chi connectivity index (χ0n) is 14.4. The summed E-state index contributed by atoms with van der Waals surface area (Å²) in [6, 6.07) is 0.424. The van der Waals surface area contributed by atoms with Crippen LogP contribution in [0.4, 0.5) is 10.6 Å². The van der Waals surface area contributed by atoms with E-state index in [0.717, 1.165) is 31.6 Å². The summed E-state index contributed by atoms with van der Waals surface area (Å²) in [7, 11) is 0. The highest BCUT2D eigenvalue weighted by Gasteiger charge is 2.42. The van der Waals surface area contributed by atoms with Gasteiger partial charge in [-0.15, -0.1) is 0 Å². The number of aromatic nitrogens is 2. The molecule has 7 nitrogen and oxygen atoms in total. The first-order chi connectivity index (χ1) is 11.4. The molecule has 1 aliphatic heterocycles. The predicted octanol–water partition coefficient (Wildman–Crippen LogP) is 2.27. The maximum atomic E-state index is 12.6. The molecule has 2 aliphatic rings. The van der Waals surface area contributed by atoms with Crippen LogP contribution in [0.1, 0.15) is 50.5 Å². The molecule has 7 heteroatoms. The molecule has 24 heavy (non-hydrogen) atoms. The van der Waals surface area contributed by atoms with Crippen molar-refractivity contribution in [3.63, 3.8) is 0 Å². The first-order valence-electron chi connectivity index (χ1n) is 8.41. The van der Waals surface area contributed by atoms with Crippen LogP contribution in [0.3, 0.4) is 0 Å². The molecule has 1 saturated carbocycles. The topological polar surface area (TPSA) is 75.6 Å². The van der Waals surface area contributed by atoms with Crippen molar-refractivity contribution >= 4 is 18.2 Å². The van der Waals surface area contributed by atoms with Crippen molar-refractivity contribution in [1.82, 2.24) is 14.9 Å². The van der Waals surface area contributed by atoms with Gasteiger partial charge in [0.15, 0.2) is 6.29 Å². The van der Waals surface area contributed by atoms with Gasteiger partial charge in [0.25, 0.3) is 0 Å². The van der Waals surface area contributed by atoms with Crippen molar-refractivity contribution in [3.05, 3.63) is 18.1 Å². The number of amides is 1. The number of carbonyl (C=O) groups is 2. The molecule has 1 amide bonds. The van der Waals surface area contributed by atoms with E-state index in [1.54, 1.807) is 6.20 Å². The molecule has 2 heterocycles. The van der Waals surface area contributed by atoms with Crippen LogP contribution in [0.2, 0.25) is 0 Å². The number of carbonyl (C=O) groups excluding carboxylic acids is 2. The number of aldehydes is 1. The second-order valence-corrected chi connectivity index (χ2v) is 7.42. The molecule has 1 saturated heterocycles. The quantitative estimate of drug-likeness (QED) is 0.787. The summed E-state index contributed by atoms with van der Waals surface area (Å²) in [4.78, 5) is 35.6. The molecule has 0 spiro atoms. The van der Waals surface area contributed by atoms with Gasteiger partial charge in [-0.1, -0.05) is 0 Å². The SMILES string of the molecule is CC(C)(C)OC(=O)N(C1CC1)[C@@H]1CCN(c2cnc(C=O)cn2)C1. The molecule has 0 radical (unpaired) electrons. The van der Waals surface area contributed by atoms with Crippen LogP contribution in [-0.2, 0) is 4.74 Å². The van der Waals surface area contributed by atoms with Crippen LogP contribution in [0.5, 0.6) is 0 Å². The standard InChI is InChI=1S/C17H24N4O3/c1-17(2,3)24-16(23)21(13-4-5-13)14-6-7-20(10-14)15-9-18-12(11-22)8-19-15/h8-9,11,13-14H,4-7,10H2,1-3H3/t14-/m1/s1. The van der Waals surface area contributed by atoms with E-state index in [1.165, 1.54) is 6.20 Å². The maximum Gasteiger partial charge on any atom is 0.410 e. The third-order valence-corrected chi connectivity index (χ3v) is 4.20. The molecule has 1 aliphatic carbocycles. The number of hydrogen-bond donors (Lipinski definition) is 0. The Morgan fingerprint density at radius 1 is 1.25 bits per heavy atom. The summed E-state index contributed by atoms with van der Waals surface area (Å²) in [6.07, 6.45) is 6.52. The van der Waals surface area contributed by atoms with Crippen molar-refractivity contribution in [3.8, 4) is 0 Å².